The number of aromatic amines is 1. The van der Waals surface area contributed by atoms with Gasteiger partial charge in [-0.2, -0.15) is 0 Å². The molecule has 1 aliphatic rings. The van der Waals surface area contributed by atoms with Gasteiger partial charge in [-0.3, -0.25) is 4.79 Å². The molecular weight excluding hydrogens is 432 g/mol. The molecule has 5 rings (SSSR count). The van der Waals surface area contributed by atoms with Crippen LogP contribution in [-0.4, -0.2) is 46.9 Å². The van der Waals surface area contributed by atoms with Crippen LogP contribution in [0.4, 0.5) is 8.78 Å². The van der Waals surface area contributed by atoms with Crippen LogP contribution in [0.15, 0.2) is 72.9 Å². The van der Waals surface area contributed by atoms with E-state index >= 15 is 0 Å². The van der Waals surface area contributed by atoms with Crippen molar-refractivity contribution in [3.63, 3.8) is 0 Å². The fourth-order valence-corrected chi connectivity index (χ4v) is 4.65. The van der Waals surface area contributed by atoms with Crippen molar-refractivity contribution in [2.24, 2.45) is 0 Å². The van der Waals surface area contributed by atoms with Gasteiger partial charge in [-0.25, -0.2) is 8.78 Å². The molecule has 1 aliphatic heterocycles. The zero-order chi connectivity index (χ0) is 23.5. The second-order valence-electron chi connectivity index (χ2n) is 8.85. The zero-order valence-corrected chi connectivity index (χ0v) is 18.9. The fraction of sp³-hybridized carbons (Fsp3) is 0.250. The molecule has 1 aromatic heterocycles. The predicted molar refractivity (Wildman–Crippen MR) is 131 cm³/mol. The molecule has 0 unspecified atom stereocenters. The molecule has 1 amide bonds. The normalized spacial score (nSPS) is 14.1. The maximum Gasteiger partial charge on any atom is 0.257 e. The zero-order valence-electron chi connectivity index (χ0n) is 18.9. The number of likely N-dealkylation sites (tertiary alicyclic amines) is 1. The number of H-pyrrole nitrogens is 1. The minimum Gasteiger partial charge on any atom is -0.361 e. The number of aromatic nitrogens is 1. The predicted octanol–water partition coefficient (Wildman–Crippen LogP) is 5.85. The quantitative estimate of drug-likeness (QED) is 0.377. The van der Waals surface area contributed by atoms with Gasteiger partial charge in [0.05, 0.1) is 5.56 Å². The molecular formula is C28H27F2N3O. The summed E-state index contributed by atoms with van der Waals surface area (Å²) in [5, 5.41) is 0.922. The van der Waals surface area contributed by atoms with Crippen molar-refractivity contribution >= 4 is 16.8 Å². The van der Waals surface area contributed by atoms with Gasteiger partial charge in [0.2, 0.25) is 0 Å². The number of nitrogens with one attached hydrogen (secondary N) is 1. The highest BCUT2D eigenvalue weighted by molar-refractivity contribution is 5.96. The van der Waals surface area contributed by atoms with Crippen LogP contribution in [0.25, 0.3) is 22.0 Å². The molecule has 2 heterocycles. The van der Waals surface area contributed by atoms with Crippen molar-refractivity contribution in [1.29, 1.82) is 0 Å². The van der Waals surface area contributed by atoms with Gasteiger partial charge < -0.3 is 14.8 Å². The van der Waals surface area contributed by atoms with E-state index in [1.807, 2.05) is 54.7 Å². The van der Waals surface area contributed by atoms with Crippen molar-refractivity contribution in [3.8, 4) is 11.1 Å². The van der Waals surface area contributed by atoms with E-state index in [0.29, 0.717) is 18.7 Å². The minimum atomic E-state index is -0.840. The Kier molecular flexibility index (Phi) is 6.41. The average Bonchev–Trinajstić information content (AvgIpc) is 3.53. The molecule has 174 valence electrons. The van der Waals surface area contributed by atoms with E-state index in [-0.39, 0.29) is 11.1 Å². The molecule has 0 bridgehead atoms. The molecule has 3 aromatic carbocycles. The van der Waals surface area contributed by atoms with Crippen molar-refractivity contribution < 1.29 is 13.6 Å². The van der Waals surface area contributed by atoms with Gasteiger partial charge in [0, 0.05) is 43.0 Å². The summed E-state index contributed by atoms with van der Waals surface area (Å²) in [4.78, 5) is 20.7. The number of nitrogens with zero attached hydrogens (tertiary/aromatic N) is 2. The summed E-state index contributed by atoms with van der Waals surface area (Å²) >= 11 is 0. The first kappa shape index (κ1) is 22.3. The SMILES string of the molecule is O=C(c1cc(-c2ccc3[nH]ccc3c2)c(F)cc1F)N(CCN1CCCC1)Cc1ccccc1. The summed E-state index contributed by atoms with van der Waals surface area (Å²) in [7, 11) is 0. The summed E-state index contributed by atoms with van der Waals surface area (Å²) in [5.74, 6) is -1.95. The summed E-state index contributed by atoms with van der Waals surface area (Å²) in [5.41, 5.74) is 2.61. The first-order valence-corrected chi connectivity index (χ1v) is 11.7. The first-order chi connectivity index (χ1) is 16.6. The molecule has 0 saturated carbocycles. The monoisotopic (exact) mass is 459 g/mol. The second-order valence-corrected chi connectivity index (χ2v) is 8.85. The van der Waals surface area contributed by atoms with Crippen LogP contribution < -0.4 is 0 Å². The third-order valence-corrected chi connectivity index (χ3v) is 6.54. The number of carbonyl (C=O) groups is 1. The van der Waals surface area contributed by atoms with Crippen molar-refractivity contribution in [3.05, 3.63) is 95.7 Å². The molecule has 6 heteroatoms. The third kappa shape index (κ3) is 4.73. The molecule has 0 atom stereocenters. The Morgan fingerprint density at radius 2 is 1.74 bits per heavy atom. The standard InChI is InChI=1S/C28H27F2N3O/c29-25-18-26(30)24(17-23(25)21-8-9-27-22(16-21)10-11-31-27)28(34)33(15-14-32-12-4-5-13-32)19-20-6-2-1-3-7-20/h1-3,6-11,16-18,31H,4-5,12-15,19H2. The van der Waals surface area contributed by atoms with Crippen LogP contribution in [0.3, 0.4) is 0 Å². The van der Waals surface area contributed by atoms with E-state index in [9.17, 15) is 13.6 Å². The van der Waals surface area contributed by atoms with Crippen LogP contribution in [-0.2, 0) is 6.54 Å². The van der Waals surface area contributed by atoms with E-state index in [4.69, 9.17) is 0 Å². The largest absolute Gasteiger partial charge is 0.361 e. The van der Waals surface area contributed by atoms with Gasteiger partial charge in [0.25, 0.3) is 5.91 Å². The van der Waals surface area contributed by atoms with Gasteiger partial charge in [-0.15, -0.1) is 0 Å². The number of benzene rings is 3. The lowest BCUT2D eigenvalue weighted by Crippen LogP contribution is -2.38. The van der Waals surface area contributed by atoms with Crippen LogP contribution in [0.1, 0.15) is 28.8 Å². The Hall–Kier alpha value is -3.51. The minimum absolute atomic E-state index is 0.108. The lowest BCUT2D eigenvalue weighted by Gasteiger charge is -2.26. The Bertz CT molecular complexity index is 1300. The van der Waals surface area contributed by atoms with E-state index < -0.39 is 17.5 Å². The Morgan fingerprint density at radius 3 is 2.53 bits per heavy atom. The average molecular weight is 460 g/mol. The number of halogens is 2. The molecule has 0 spiro atoms. The number of amides is 1. The van der Waals surface area contributed by atoms with E-state index in [1.165, 1.54) is 6.07 Å². The maximum atomic E-state index is 14.9. The molecule has 34 heavy (non-hydrogen) atoms. The number of hydrogen-bond acceptors (Lipinski definition) is 2. The van der Waals surface area contributed by atoms with Gasteiger partial charge in [-0.05, 0) is 66.7 Å². The van der Waals surface area contributed by atoms with E-state index in [1.54, 1.807) is 11.0 Å². The van der Waals surface area contributed by atoms with Crippen molar-refractivity contribution in [2.45, 2.75) is 19.4 Å². The Balaban J connectivity index is 1.47. The number of fused-ring (bicyclic) bond motifs is 1. The van der Waals surface area contributed by atoms with Crippen molar-refractivity contribution in [1.82, 2.24) is 14.8 Å². The van der Waals surface area contributed by atoms with E-state index in [0.717, 1.165) is 55.0 Å². The first-order valence-electron chi connectivity index (χ1n) is 11.7. The van der Waals surface area contributed by atoms with Gasteiger partial charge >= 0.3 is 0 Å². The van der Waals surface area contributed by atoms with Crippen molar-refractivity contribution in [2.75, 3.05) is 26.2 Å². The van der Waals surface area contributed by atoms with Gasteiger partial charge in [0.15, 0.2) is 0 Å². The second kappa shape index (κ2) is 9.77. The van der Waals surface area contributed by atoms with Crippen LogP contribution in [0.2, 0.25) is 0 Å². The molecule has 0 radical (unpaired) electrons. The number of rotatable bonds is 7. The molecule has 4 nitrogen and oxygen atoms in total. The highest BCUT2D eigenvalue weighted by Gasteiger charge is 2.24. The highest BCUT2D eigenvalue weighted by Crippen LogP contribution is 2.29. The highest BCUT2D eigenvalue weighted by atomic mass is 19.1. The molecule has 4 aromatic rings. The Labute approximate surface area is 197 Å². The van der Waals surface area contributed by atoms with Crippen LogP contribution in [0, 0.1) is 11.6 Å². The maximum absolute atomic E-state index is 14.9. The lowest BCUT2D eigenvalue weighted by atomic mass is 10.00. The third-order valence-electron chi connectivity index (χ3n) is 6.54. The topological polar surface area (TPSA) is 39.3 Å². The smallest absolute Gasteiger partial charge is 0.257 e. The fourth-order valence-electron chi connectivity index (χ4n) is 4.65. The van der Waals surface area contributed by atoms with E-state index in [2.05, 4.69) is 9.88 Å². The summed E-state index contributed by atoms with van der Waals surface area (Å²) in [6.45, 7) is 3.62. The number of hydrogen-bond donors (Lipinski definition) is 1. The summed E-state index contributed by atoms with van der Waals surface area (Å²) in [6, 6.07) is 19.2. The van der Waals surface area contributed by atoms with Gasteiger partial charge in [-0.1, -0.05) is 36.4 Å². The van der Waals surface area contributed by atoms with Gasteiger partial charge in [0.1, 0.15) is 11.6 Å². The molecule has 1 N–H and O–H groups in total. The summed E-state index contributed by atoms with van der Waals surface area (Å²) < 4.78 is 29.8. The van der Waals surface area contributed by atoms with Crippen LogP contribution >= 0.6 is 0 Å². The lowest BCUT2D eigenvalue weighted by molar-refractivity contribution is 0.0722. The molecule has 1 saturated heterocycles. The molecule has 0 aliphatic carbocycles. The number of carbonyl (C=O) groups excluding carboxylic acids is 1. The Morgan fingerprint density at radius 1 is 0.941 bits per heavy atom. The summed E-state index contributed by atoms with van der Waals surface area (Å²) in [6.07, 6.45) is 4.13. The van der Waals surface area contributed by atoms with Crippen LogP contribution in [0.5, 0.6) is 0 Å². The molecule has 1 fully saturated rings.